The number of anilines is 2. The van der Waals surface area contributed by atoms with Crippen molar-refractivity contribution in [1.29, 1.82) is 0 Å². The summed E-state index contributed by atoms with van der Waals surface area (Å²) in [5, 5.41) is 15.9. The molecular formula is C16H22F3N5O2. The number of alkyl halides is 3. The summed E-state index contributed by atoms with van der Waals surface area (Å²) in [6.07, 6.45) is -3.92. The van der Waals surface area contributed by atoms with Crippen molar-refractivity contribution in [2.45, 2.75) is 38.5 Å². The van der Waals surface area contributed by atoms with Gasteiger partial charge in [-0.15, -0.1) is 0 Å². The van der Waals surface area contributed by atoms with Crippen molar-refractivity contribution in [2.75, 3.05) is 36.4 Å². The van der Waals surface area contributed by atoms with Crippen LogP contribution in [0.4, 0.5) is 24.9 Å². The molecule has 10 heteroatoms. The summed E-state index contributed by atoms with van der Waals surface area (Å²) >= 11 is 0. The smallest absolute Gasteiger partial charge is 0.392 e. The number of aromatic nitrogens is 2. The fourth-order valence-electron chi connectivity index (χ4n) is 3.62. The van der Waals surface area contributed by atoms with Crippen LogP contribution >= 0.6 is 0 Å². The maximum atomic E-state index is 13.2. The van der Waals surface area contributed by atoms with Crippen LogP contribution in [0, 0.1) is 5.41 Å². The lowest BCUT2D eigenvalue weighted by Crippen LogP contribution is -2.61. The molecule has 2 fully saturated rings. The number of nitrogens with zero attached hydrogens (tertiary/aromatic N) is 3. The van der Waals surface area contributed by atoms with Crippen LogP contribution in [-0.2, 0) is 11.0 Å². The van der Waals surface area contributed by atoms with E-state index in [-0.39, 0.29) is 30.6 Å². The summed E-state index contributed by atoms with van der Waals surface area (Å²) in [6.45, 7) is 3.10. The first-order chi connectivity index (χ1) is 12.3. The van der Waals surface area contributed by atoms with E-state index in [1.807, 2.05) is 0 Å². The van der Waals surface area contributed by atoms with Crippen molar-refractivity contribution in [3.8, 4) is 0 Å². The minimum atomic E-state index is -4.60. The number of amides is 1. The van der Waals surface area contributed by atoms with Crippen molar-refractivity contribution in [1.82, 2.24) is 15.3 Å². The molecule has 3 N–H and O–H groups in total. The van der Waals surface area contributed by atoms with E-state index in [4.69, 9.17) is 0 Å². The molecule has 7 nitrogen and oxygen atoms in total. The van der Waals surface area contributed by atoms with Gasteiger partial charge in [0.25, 0.3) is 0 Å². The SMILES string of the molecule is CCNc1nc(N2CC[C@H](O)[C@@]3(CCCNC3=O)C2)cc(C(F)(F)F)n1. The Kier molecular flexibility index (Phi) is 4.96. The first kappa shape index (κ1) is 18.7. The molecule has 3 rings (SSSR count). The summed E-state index contributed by atoms with van der Waals surface area (Å²) in [5.74, 6) is -0.253. The highest BCUT2D eigenvalue weighted by Gasteiger charge is 2.50. The number of aliphatic hydroxyl groups is 1. The molecule has 0 bridgehead atoms. The third kappa shape index (κ3) is 3.42. The van der Waals surface area contributed by atoms with E-state index in [0.717, 1.165) is 12.5 Å². The maximum absolute atomic E-state index is 13.2. The summed E-state index contributed by atoms with van der Waals surface area (Å²) in [4.78, 5) is 21.8. The fraction of sp³-hybridized carbons (Fsp3) is 0.688. The second-order valence-corrected chi connectivity index (χ2v) is 6.70. The molecule has 0 aliphatic carbocycles. The van der Waals surface area contributed by atoms with Gasteiger partial charge in [-0.3, -0.25) is 4.79 Å². The molecule has 3 heterocycles. The molecule has 0 saturated carbocycles. The summed E-state index contributed by atoms with van der Waals surface area (Å²) in [5.41, 5.74) is -2.05. The minimum absolute atomic E-state index is 0.105. The number of rotatable bonds is 3. The van der Waals surface area contributed by atoms with Crippen molar-refractivity contribution in [2.24, 2.45) is 5.41 Å². The Morgan fingerprint density at radius 1 is 1.46 bits per heavy atom. The molecule has 1 aromatic heterocycles. The van der Waals surface area contributed by atoms with Gasteiger partial charge in [-0.2, -0.15) is 18.2 Å². The van der Waals surface area contributed by atoms with Gasteiger partial charge in [-0.25, -0.2) is 4.98 Å². The lowest BCUT2D eigenvalue weighted by atomic mass is 9.71. The number of hydrogen-bond donors (Lipinski definition) is 3. The molecule has 1 spiro atoms. The minimum Gasteiger partial charge on any atom is -0.392 e. The number of aliphatic hydroxyl groups excluding tert-OH is 1. The zero-order valence-corrected chi connectivity index (χ0v) is 14.4. The van der Waals surface area contributed by atoms with Crippen molar-refractivity contribution < 1.29 is 23.1 Å². The van der Waals surface area contributed by atoms with E-state index in [0.29, 0.717) is 26.1 Å². The lowest BCUT2D eigenvalue weighted by Gasteiger charge is -2.47. The monoisotopic (exact) mass is 373 g/mol. The van der Waals surface area contributed by atoms with Crippen molar-refractivity contribution >= 4 is 17.7 Å². The van der Waals surface area contributed by atoms with E-state index in [9.17, 15) is 23.1 Å². The molecule has 0 radical (unpaired) electrons. The lowest BCUT2D eigenvalue weighted by molar-refractivity contribution is -0.143. The molecule has 26 heavy (non-hydrogen) atoms. The van der Waals surface area contributed by atoms with E-state index in [1.54, 1.807) is 11.8 Å². The number of halogens is 3. The largest absolute Gasteiger partial charge is 0.433 e. The number of piperidine rings is 2. The van der Waals surface area contributed by atoms with Crippen LogP contribution in [0.2, 0.25) is 0 Å². The molecule has 2 atom stereocenters. The van der Waals surface area contributed by atoms with Gasteiger partial charge < -0.3 is 20.6 Å². The van der Waals surface area contributed by atoms with Crippen LogP contribution < -0.4 is 15.5 Å². The zero-order chi connectivity index (χ0) is 18.9. The number of carbonyl (C=O) groups excluding carboxylic acids is 1. The van der Waals surface area contributed by atoms with Gasteiger partial charge in [0.05, 0.1) is 11.5 Å². The molecule has 2 aliphatic rings. The molecule has 0 aromatic carbocycles. The standard InChI is InChI=1S/C16H22F3N5O2/c1-2-20-14-22-10(16(17,18)19)8-12(23-14)24-7-4-11(25)15(9-24)5-3-6-21-13(15)26/h8,11,25H,2-7,9H2,1H3,(H,21,26)(H,20,22,23)/t11-,15+/m0/s1. The van der Waals surface area contributed by atoms with E-state index in [2.05, 4.69) is 20.6 Å². The normalized spacial score (nSPS) is 26.7. The van der Waals surface area contributed by atoms with Crippen LogP contribution in [0.5, 0.6) is 0 Å². The highest BCUT2D eigenvalue weighted by atomic mass is 19.4. The second-order valence-electron chi connectivity index (χ2n) is 6.70. The topological polar surface area (TPSA) is 90.4 Å². The van der Waals surface area contributed by atoms with E-state index in [1.165, 1.54) is 0 Å². The van der Waals surface area contributed by atoms with Gasteiger partial charge in [0.15, 0.2) is 5.69 Å². The molecule has 144 valence electrons. The Morgan fingerprint density at radius 3 is 2.88 bits per heavy atom. The van der Waals surface area contributed by atoms with E-state index < -0.39 is 23.4 Å². The Hall–Kier alpha value is -2.10. The Bertz CT molecular complexity index is 684. The fourth-order valence-corrected chi connectivity index (χ4v) is 3.62. The van der Waals surface area contributed by atoms with Crippen LogP contribution in [0.3, 0.4) is 0 Å². The van der Waals surface area contributed by atoms with Gasteiger partial charge in [-0.05, 0) is 26.2 Å². The summed E-state index contributed by atoms with van der Waals surface area (Å²) < 4.78 is 39.6. The molecular weight excluding hydrogens is 351 g/mol. The summed E-state index contributed by atoms with van der Waals surface area (Å²) in [6, 6.07) is 0.896. The molecule has 1 aromatic rings. The Labute approximate surface area is 149 Å². The highest BCUT2D eigenvalue weighted by molar-refractivity contribution is 5.85. The molecule has 1 amide bonds. The van der Waals surface area contributed by atoms with Crippen molar-refractivity contribution in [3.63, 3.8) is 0 Å². The van der Waals surface area contributed by atoms with Crippen LogP contribution in [-0.4, -0.2) is 53.3 Å². The number of hydrogen-bond acceptors (Lipinski definition) is 6. The highest BCUT2D eigenvalue weighted by Crippen LogP contribution is 2.39. The second kappa shape index (κ2) is 6.90. The molecule has 2 saturated heterocycles. The first-order valence-electron chi connectivity index (χ1n) is 8.68. The third-order valence-electron chi connectivity index (χ3n) is 4.98. The average molecular weight is 373 g/mol. The van der Waals surface area contributed by atoms with Gasteiger partial charge in [0.2, 0.25) is 11.9 Å². The summed E-state index contributed by atoms with van der Waals surface area (Å²) in [7, 11) is 0. The molecule has 0 unspecified atom stereocenters. The first-order valence-corrected chi connectivity index (χ1v) is 8.68. The van der Waals surface area contributed by atoms with Crippen molar-refractivity contribution in [3.05, 3.63) is 11.8 Å². The molecule has 2 aliphatic heterocycles. The van der Waals surface area contributed by atoms with Gasteiger partial charge in [0, 0.05) is 32.2 Å². The van der Waals surface area contributed by atoms with Crippen LogP contribution in [0.15, 0.2) is 6.07 Å². The van der Waals surface area contributed by atoms with E-state index >= 15 is 0 Å². The van der Waals surface area contributed by atoms with Crippen LogP contribution in [0.25, 0.3) is 0 Å². The van der Waals surface area contributed by atoms with Gasteiger partial charge in [-0.1, -0.05) is 0 Å². The number of carbonyl (C=O) groups is 1. The van der Waals surface area contributed by atoms with Gasteiger partial charge in [0.1, 0.15) is 5.82 Å². The van der Waals surface area contributed by atoms with Gasteiger partial charge >= 0.3 is 6.18 Å². The maximum Gasteiger partial charge on any atom is 0.433 e. The third-order valence-corrected chi connectivity index (χ3v) is 4.98. The predicted molar refractivity (Wildman–Crippen MR) is 88.7 cm³/mol. The number of nitrogens with one attached hydrogen (secondary N) is 2. The van der Waals surface area contributed by atoms with Crippen LogP contribution in [0.1, 0.15) is 31.9 Å². The Morgan fingerprint density at radius 2 is 2.23 bits per heavy atom. The predicted octanol–water partition coefficient (Wildman–Crippen LogP) is 1.39. The zero-order valence-electron chi connectivity index (χ0n) is 14.4. The quantitative estimate of drug-likeness (QED) is 0.742. The average Bonchev–Trinajstić information content (AvgIpc) is 2.59. The Balaban J connectivity index is 1.95.